The van der Waals surface area contributed by atoms with Gasteiger partial charge in [0.15, 0.2) is 0 Å². The summed E-state index contributed by atoms with van der Waals surface area (Å²) < 4.78 is 0. The van der Waals surface area contributed by atoms with Crippen molar-refractivity contribution in [3.63, 3.8) is 0 Å². The summed E-state index contributed by atoms with van der Waals surface area (Å²) >= 11 is 1.99. The van der Waals surface area contributed by atoms with Crippen LogP contribution in [-0.4, -0.2) is 54.3 Å². The van der Waals surface area contributed by atoms with E-state index in [0.717, 1.165) is 0 Å². The van der Waals surface area contributed by atoms with E-state index in [-0.39, 0.29) is 0 Å². The van der Waals surface area contributed by atoms with Crippen LogP contribution in [0.5, 0.6) is 0 Å². The molecule has 2 rings (SSSR count). The zero-order valence-corrected chi connectivity index (χ0v) is 14.0. The highest BCUT2D eigenvalue weighted by Crippen LogP contribution is 2.19. The lowest BCUT2D eigenvalue weighted by molar-refractivity contribution is 0.109. The van der Waals surface area contributed by atoms with Gasteiger partial charge in [0.05, 0.1) is 0 Å². The van der Waals surface area contributed by atoms with Crippen LogP contribution in [0.25, 0.3) is 0 Å². The molecule has 0 amide bonds. The van der Waals surface area contributed by atoms with E-state index in [0.29, 0.717) is 6.04 Å². The summed E-state index contributed by atoms with van der Waals surface area (Å²) in [6.45, 7) is 13.0. The molecule has 1 aliphatic heterocycles. The second-order valence-electron chi connectivity index (χ2n) is 5.99. The van der Waals surface area contributed by atoms with Crippen LogP contribution in [0, 0.1) is 6.92 Å². The van der Waals surface area contributed by atoms with Gasteiger partial charge in [-0.05, 0) is 51.6 Å². The summed E-state index contributed by atoms with van der Waals surface area (Å²) in [5.41, 5.74) is 1.34. The van der Waals surface area contributed by atoms with Crippen molar-refractivity contribution in [3.05, 3.63) is 29.8 Å². The number of rotatable bonds is 6. The smallest absolute Gasteiger partial charge is 0.0113 e. The molecule has 0 atom stereocenters. The van der Waals surface area contributed by atoms with Gasteiger partial charge in [0.25, 0.3) is 0 Å². The Balaban J connectivity index is 1.59. The van der Waals surface area contributed by atoms with Crippen LogP contribution in [-0.2, 0) is 0 Å². The summed E-state index contributed by atoms with van der Waals surface area (Å²) in [5.74, 6) is 1.23. The number of nitrogens with zero attached hydrogens (tertiary/aromatic N) is 2. The summed E-state index contributed by atoms with van der Waals surface area (Å²) in [6.07, 6.45) is 1.29. The minimum absolute atomic E-state index is 0.703. The van der Waals surface area contributed by atoms with E-state index in [1.54, 1.807) is 0 Å². The number of aryl methyl sites for hydroxylation is 1. The van der Waals surface area contributed by atoms with Crippen molar-refractivity contribution in [2.45, 2.75) is 38.1 Å². The maximum atomic E-state index is 2.62. The number of benzene rings is 1. The SMILES string of the molecule is Cc1ccc(SCCCN2CCN(C(C)C)CC2)cc1. The Labute approximate surface area is 128 Å². The Morgan fingerprint density at radius 2 is 1.70 bits per heavy atom. The van der Waals surface area contributed by atoms with Crippen LogP contribution in [0.3, 0.4) is 0 Å². The molecule has 1 aromatic carbocycles. The molecule has 1 saturated heterocycles. The fraction of sp³-hybridized carbons (Fsp3) is 0.647. The summed E-state index contributed by atoms with van der Waals surface area (Å²) in [5, 5.41) is 0. The maximum Gasteiger partial charge on any atom is 0.0113 e. The van der Waals surface area contributed by atoms with Crippen LogP contribution >= 0.6 is 11.8 Å². The Hall–Kier alpha value is -0.510. The second kappa shape index (κ2) is 8.06. The summed E-state index contributed by atoms with van der Waals surface area (Å²) in [6, 6.07) is 9.58. The highest BCUT2D eigenvalue weighted by Gasteiger charge is 2.17. The molecule has 0 N–H and O–H groups in total. The molecular weight excluding hydrogens is 264 g/mol. The van der Waals surface area contributed by atoms with Gasteiger partial charge in [-0.3, -0.25) is 4.90 Å². The van der Waals surface area contributed by atoms with E-state index in [1.807, 2.05) is 11.8 Å². The molecule has 0 unspecified atom stereocenters. The average molecular weight is 292 g/mol. The largest absolute Gasteiger partial charge is 0.301 e. The van der Waals surface area contributed by atoms with Crippen molar-refractivity contribution < 1.29 is 0 Å². The normalized spacial score (nSPS) is 17.8. The topological polar surface area (TPSA) is 6.48 Å². The minimum Gasteiger partial charge on any atom is -0.301 e. The second-order valence-corrected chi connectivity index (χ2v) is 7.15. The first kappa shape index (κ1) is 15.9. The first-order chi connectivity index (χ1) is 9.65. The van der Waals surface area contributed by atoms with Crippen molar-refractivity contribution >= 4 is 11.8 Å². The molecule has 112 valence electrons. The van der Waals surface area contributed by atoms with Crippen molar-refractivity contribution in [2.75, 3.05) is 38.5 Å². The van der Waals surface area contributed by atoms with Crippen LogP contribution in [0.4, 0.5) is 0 Å². The predicted molar refractivity (Wildman–Crippen MR) is 89.7 cm³/mol. The van der Waals surface area contributed by atoms with Gasteiger partial charge in [0.1, 0.15) is 0 Å². The van der Waals surface area contributed by atoms with E-state index >= 15 is 0 Å². The molecular formula is C17H28N2S. The number of thioether (sulfide) groups is 1. The Kier molecular flexibility index (Phi) is 6.40. The monoisotopic (exact) mass is 292 g/mol. The van der Waals surface area contributed by atoms with Crippen LogP contribution < -0.4 is 0 Å². The molecule has 1 aliphatic rings. The van der Waals surface area contributed by atoms with Gasteiger partial charge in [-0.25, -0.2) is 0 Å². The van der Waals surface area contributed by atoms with Gasteiger partial charge in [-0.2, -0.15) is 0 Å². The Morgan fingerprint density at radius 3 is 2.30 bits per heavy atom. The molecule has 2 nitrogen and oxygen atoms in total. The lowest BCUT2D eigenvalue weighted by atomic mass is 10.2. The zero-order chi connectivity index (χ0) is 14.4. The zero-order valence-electron chi connectivity index (χ0n) is 13.1. The van der Waals surface area contributed by atoms with Gasteiger partial charge in [-0.1, -0.05) is 17.7 Å². The lowest BCUT2D eigenvalue weighted by Crippen LogP contribution is -2.48. The summed E-state index contributed by atoms with van der Waals surface area (Å²) in [4.78, 5) is 6.60. The van der Waals surface area contributed by atoms with Crippen LogP contribution in [0.15, 0.2) is 29.2 Å². The number of piperazine rings is 1. The van der Waals surface area contributed by atoms with Gasteiger partial charge in [0, 0.05) is 37.1 Å². The third-order valence-electron chi connectivity index (χ3n) is 4.05. The van der Waals surface area contributed by atoms with Crippen molar-refractivity contribution in [1.82, 2.24) is 9.80 Å². The van der Waals surface area contributed by atoms with E-state index in [2.05, 4.69) is 54.8 Å². The molecule has 1 fully saturated rings. The molecule has 0 saturated carbocycles. The maximum absolute atomic E-state index is 2.62. The van der Waals surface area contributed by atoms with Gasteiger partial charge in [0.2, 0.25) is 0 Å². The molecule has 1 aromatic rings. The fourth-order valence-corrected chi connectivity index (χ4v) is 3.45. The molecule has 1 heterocycles. The predicted octanol–water partition coefficient (Wildman–Crippen LogP) is 3.50. The molecule has 20 heavy (non-hydrogen) atoms. The first-order valence-electron chi connectivity index (χ1n) is 7.81. The highest BCUT2D eigenvalue weighted by molar-refractivity contribution is 7.99. The van der Waals surface area contributed by atoms with Crippen molar-refractivity contribution in [1.29, 1.82) is 0 Å². The van der Waals surface area contributed by atoms with E-state index < -0.39 is 0 Å². The van der Waals surface area contributed by atoms with E-state index in [9.17, 15) is 0 Å². The molecule has 0 radical (unpaired) electrons. The molecule has 0 bridgehead atoms. The summed E-state index contributed by atoms with van der Waals surface area (Å²) in [7, 11) is 0. The standard InChI is InChI=1S/C17H28N2S/c1-15(2)19-12-10-18(11-13-19)9-4-14-20-17-7-5-16(3)6-8-17/h5-8,15H,4,9-14H2,1-3H3. The quantitative estimate of drug-likeness (QED) is 0.585. The molecule has 0 aromatic heterocycles. The molecule has 0 aliphatic carbocycles. The number of hydrogen-bond donors (Lipinski definition) is 0. The minimum atomic E-state index is 0.703. The number of hydrogen-bond acceptors (Lipinski definition) is 3. The third kappa shape index (κ3) is 5.12. The van der Waals surface area contributed by atoms with Crippen molar-refractivity contribution in [2.24, 2.45) is 0 Å². The van der Waals surface area contributed by atoms with Gasteiger partial charge in [-0.15, -0.1) is 11.8 Å². The highest BCUT2D eigenvalue weighted by atomic mass is 32.2. The fourth-order valence-electron chi connectivity index (χ4n) is 2.62. The van der Waals surface area contributed by atoms with Crippen LogP contribution in [0.1, 0.15) is 25.8 Å². The third-order valence-corrected chi connectivity index (χ3v) is 5.14. The van der Waals surface area contributed by atoms with Crippen LogP contribution in [0.2, 0.25) is 0 Å². The van der Waals surface area contributed by atoms with E-state index in [4.69, 9.17) is 0 Å². The molecule has 0 spiro atoms. The Morgan fingerprint density at radius 1 is 1.05 bits per heavy atom. The first-order valence-corrected chi connectivity index (χ1v) is 8.79. The lowest BCUT2D eigenvalue weighted by Gasteiger charge is -2.36. The van der Waals surface area contributed by atoms with Gasteiger partial charge < -0.3 is 4.90 Å². The van der Waals surface area contributed by atoms with Crippen molar-refractivity contribution in [3.8, 4) is 0 Å². The average Bonchev–Trinajstić information content (AvgIpc) is 2.46. The van der Waals surface area contributed by atoms with E-state index in [1.165, 1.54) is 55.4 Å². The molecule has 3 heteroatoms. The Bertz CT molecular complexity index is 380. The van der Waals surface area contributed by atoms with Gasteiger partial charge >= 0.3 is 0 Å².